The van der Waals surface area contributed by atoms with Crippen molar-refractivity contribution in [1.29, 1.82) is 0 Å². The quantitative estimate of drug-likeness (QED) is 0.379. The van der Waals surface area contributed by atoms with Crippen LogP contribution in [0.15, 0.2) is 47.7 Å². The lowest BCUT2D eigenvalue weighted by atomic mass is 9.99. The molecule has 3 rings (SSSR count). The van der Waals surface area contributed by atoms with Crippen molar-refractivity contribution in [3.63, 3.8) is 0 Å². The van der Waals surface area contributed by atoms with Gasteiger partial charge in [-0.3, -0.25) is 4.99 Å². The molecule has 0 amide bonds. The molecule has 6 nitrogen and oxygen atoms in total. The fraction of sp³-hybridized carbons (Fsp3) is 0.524. The van der Waals surface area contributed by atoms with Crippen molar-refractivity contribution in [2.45, 2.75) is 26.3 Å². The second-order valence-electron chi connectivity index (χ2n) is 7.45. The number of aliphatic imine (C=N–C) groups is 1. The number of nitrogens with zero attached hydrogens (tertiary/aromatic N) is 5. The smallest absolute Gasteiger partial charge is 0.193 e. The molecular formula is C21H33IN6. The Bertz CT molecular complexity index is 730. The summed E-state index contributed by atoms with van der Waals surface area (Å²) in [5.41, 5.74) is 2.25. The Kier molecular flexibility index (Phi) is 9.24. The van der Waals surface area contributed by atoms with Crippen molar-refractivity contribution in [2.75, 3.05) is 40.3 Å². The van der Waals surface area contributed by atoms with Crippen LogP contribution in [0, 0.1) is 5.92 Å². The average molecular weight is 496 g/mol. The molecule has 1 aliphatic rings. The highest BCUT2D eigenvalue weighted by Gasteiger charge is 2.17. The van der Waals surface area contributed by atoms with Crippen molar-refractivity contribution in [1.82, 2.24) is 24.9 Å². The van der Waals surface area contributed by atoms with Crippen molar-refractivity contribution in [2.24, 2.45) is 10.9 Å². The number of para-hydroxylation sites is 1. The highest BCUT2D eigenvalue weighted by molar-refractivity contribution is 14.0. The minimum Gasteiger partial charge on any atom is -0.357 e. The Morgan fingerprint density at radius 1 is 1.32 bits per heavy atom. The molecule has 1 fully saturated rings. The number of benzene rings is 1. The summed E-state index contributed by atoms with van der Waals surface area (Å²) < 4.78 is 1.92. The molecule has 1 aromatic carbocycles. The molecule has 7 heteroatoms. The molecule has 1 unspecified atom stereocenters. The van der Waals surface area contributed by atoms with Gasteiger partial charge in [0.25, 0.3) is 0 Å². The van der Waals surface area contributed by atoms with Crippen LogP contribution in [0.4, 0.5) is 0 Å². The van der Waals surface area contributed by atoms with Gasteiger partial charge < -0.3 is 15.1 Å². The first kappa shape index (κ1) is 22.7. The van der Waals surface area contributed by atoms with E-state index in [1.807, 2.05) is 29.1 Å². The Labute approximate surface area is 186 Å². The van der Waals surface area contributed by atoms with Crippen LogP contribution < -0.4 is 5.32 Å². The van der Waals surface area contributed by atoms with Crippen LogP contribution in [0.1, 0.15) is 25.3 Å². The number of hydrogen-bond acceptors (Lipinski definition) is 3. The molecule has 154 valence electrons. The van der Waals surface area contributed by atoms with Gasteiger partial charge in [-0.2, -0.15) is 5.10 Å². The molecule has 0 radical (unpaired) electrons. The number of likely N-dealkylation sites (tertiary alicyclic amines) is 1. The van der Waals surface area contributed by atoms with Gasteiger partial charge in [0.2, 0.25) is 0 Å². The van der Waals surface area contributed by atoms with Gasteiger partial charge in [0, 0.05) is 45.0 Å². The van der Waals surface area contributed by atoms with Gasteiger partial charge in [0.15, 0.2) is 5.96 Å². The van der Waals surface area contributed by atoms with Gasteiger partial charge in [-0.15, -0.1) is 24.0 Å². The van der Waals surface area contributed by atoms with Crippen LogP contribution in [0.2, 0.25) is 0 Å². The van der Waals surface area contributed by atoms with Crippen molar-refractivity contribution in [3.05, 3.63) is 48.3 Å². The van der Waals surface area contributed by atoms with E-state index in [0.717, 1.165) is 37.8 Å². The van der Waals surface area contributed by atoms with Crippen LogP contribution in [0.5, 0.6) is 0 Å². The van der Waals surface area contributed by atoms with Gasteiger partial charge in [0.1, 0.15) is 0 Å². The third-order valence-electron chi connectivity index (χ3n) is 4.99. The molecule has 0 bridgehead atoms. The summed E-state index contributed by atoms with van der Waals surface area (Å²) in [4.78, 5) is 9.51. The number of aromatic nitrogens is 2. The largest absolute Gasteiger partial charge is 0.357 e. The molecule has 1 aromatic heterocycles. The van der Waals surface area contributed by atoms with Crippen LogP contribution in [0.3, 0.4) is 0 Å². The Balaban J connectivity index is 0.00000280. The van der Waals surface area contributed by atoms with E-state index in [0.29, 0.717) is 5.92 Å². The Morgan fingerprint density at radius 2 is 2.11 bits per heavy atom. The zero-order chi connectivity index (χ0) is 19.1. The van der Waals surface area contributed by atoms with Crippen LogP contribution in [-0.4, -0.2) is 65.8 Å². The molecule has 1 aliphatic heterocycles. The zero-order valence-corrected chi connectivity index (χ0v) is 19.5. The van der Waals surface area contributed by atoms with E-state index < -0.39 is 0 Å². The van der Waals surface area contributed by atoms with Gasteiger partial charge in [-0.25, -0.2) is 4.68 Å². The standard InChI is InChI=1S/C21H32N6.HI/c1-4-22-21(23-13-18-9-8-12-25(2)15-18)26(3)16-19-14-24-27(17-19)20-10-6-5-7-11-20;/h5-7,10-11,14,17-18H,4,8-9,12-13,15-16H2,1-3H3,(H,22,23);1H. The van der Waals surface area contributed by atoms with E-state index in [1.54, 1.807) is 0 Å². The summed E-state index contributed by atoms with van der Waals surface area (Å²) in [5.74, 6) is 1.63. The predicted molar refractivity (Wildman–Crippen MR) is 127 cm³/mol. The highest BCUT2D eigenvalue weighted by Crippen LogP contribution is 2.15. The summed E-state index contributed by atoms with van der Waals surface area (Å²) in [6.07, 6.45) is 6.58. The van der Waals surface area contributed by atoms with E-state index in [9.17, 15) is 0 Å². The number of piperidine rings is 1. The highest BCUT2D eigenvalue weighted by atomic mass is 127. The third kappa shape index (κ3) is 6.48. The third-order valence-corrected chi connectivity index (χ3v) is 4.99. The van der Waals surface area contributed by atoms with Crippen molar-refractivity contribution < 1.29 is 0 Å². The molecule has 1 N–H and O–H groups in total. The van der Waals surface area contributed by atoms with Crippen LogP contribution >= 0.6 is 24.0 Å². The molecule has 2 aromatic rings. The van der Waals surface area contributed by atoms with Gasteiger partial charge in [-0.05, 0) is 51.4 Å². The number of guanidine groups is 1. The van der Waals surface area contributed by atoms with Gasteiger partial charge >= 0.3 is 0 Å². The fourth-order valence-electron chi connectivity index (χ4n) is 3.62. The van der Waals surface area contributed by atoms with Gasteiger partial charge in [-0.1, -0.05) is 18.2 Å². The first-order valence-corrected chi connectivity index (χ1v) is 9.92. The molecule has 1 atom stereocenters. The minimum atomic E-state index is 0. The van der Waals surface area contributed by atoms with E-state index in [2.05, 4.69) is 59.6 Å². The molecule has 1 saturated heterocycles. The second-order valence-corrected chi connectivity index (χ2v) is 7.45. The molecule has 0 aliphatic carbocycles. The lowest BCUT2D eigenvalue weighted by Crippen LogP contribution is -2.39. The van der Waals surface area contributed by atoms with Crippen LogP contribution in [-0.2, 0) is 6.54 Å². The number of hydrogen-bond donors (Lipinski definition) is 1. The Hall–Kier alpha value is -1.61. The van der Waals surface area contributed by atoms with Crippen molar-refractivity contribution in [3.8, 4) is 5.69 Å². The molecule has 28 heavy (non-hydrogen) atoms. The maximum absolute atomic E-state index is 4.91. The monoisotopic (exact) mass is 496 g/mol. The average Bonchev–Trinajstić information content (AvgIpc) is 3.14. The summed E-state index contributed by atoms with van der Waals surface area (Å²) in [6, 6.07) is 10.2. The number of nitrogens with one attached hydrogen (secondary N) is 1. The summed E-state index contributed by atoms with van der Waals surface area (Å²) in [6.45, 7) is 7.02. The fourth-order valence-corrected chi connectivity index (χ4v) is 3.62. The van der Waals surface area contributed by atoms with E-state index >= 15 is 0 Å². The summed E-state index contributed by atoms with van der Waals surface area (Å²) in [5, 5.41) is 7.92. The first-order valence-electron chi connectivity index (χ1n) is 9.92. The lowest BCUT2D eigenvalue weighted by Gasteiger charge is -2.29. The minimum absolute atomic E-state index is 0. The topological polar surface area (TPSA) is 48.7 Å². The zero-order valence-electron chi connectivity index (χ0n) is 17.2. The molecule has 0 saturated carbocycles. The second kappa shape index (κ2) is 11.4. The molecule has 0 spiro atoms. The van der Waals surface area contributed by atoms with E-state index in [1.165, 1.54) is 24.9 Å². The van der Waals surface area contributed by atoms with Crippen molar-refractivity contribution >= 4 is 29.9 Å². The lowest BCUT2D eigenvalue weighted by molar-refractivity contribution is 0.214. The number of rotatable bonds is 6. The summed E-state index contributed by atoms with van der Waals surface area (Å²) in [7, 11) is 4.30. The summed E-state index contributed by atoms with van der Waals surface area (Å²) >= 11 is 0. The van der Waals surface area contributed by atoms with Gasteiger partial charge in [0.05, 0.1) is 11.9 Å². The Morgan fingerprint density at radius 3 is 2.82 bits per heavy atom. The normalized spacial score (nSPS) is 17.8. The van der Waals surface area contributed by atoms with E-state index in [-0.39, 0.29) is 24.0 Å². The molecule has 2 heterocycles. The predicted octanol–water partition coefficient (Wildman–Crippen LogP) is 3.23. The number of halogens is 1. The SMILES string of the molecule is CCNC(=NCC1CCCN(C)C1)N(C)Cc1cnn(-c2ccccc2)c1.I. The van der Waals surface area contributed by atoms with E-state index in [4.69, 9.17) is 4.99 Å². The maximum Gasteiger partial charge on any atom is 0.193 e. The van der Waals surface area contributed by atoms with Crippen LogP contribution in [0.25, 0.3) is 5.69 Å². The maximum atomic E-state index is 4.91. The molecular weight excluding hydrogens is 463 g/mol. The first-order chi connectivity index (χ1) is 13.2.